The molecule has 1 aromatic heterocycles. The van der Waals surface area contributed by atoms with E-state index in [0.717, 1.165) is 5.56 Å². The summed E-state index contributed by atoms with van der Waals surface area (Å²) in [7, 11) is 0. The van der Waals surface area contributed by atoms with Crippen molar-refractivity contribution in [2.24, 2.45) is 10.3 Å². The summed E-state index contributed by atoms with van der Waals surface area (Å²) >= 11 is 0. The molecule has 2 aromatic carbocycles. The van der Waals surface area contributed by atoms with E-state index < -0.39 is 12.2 Å². The SMILES string of the molecule is O=C(O)c1[nH]c2ccccc2c1OC(c1ccccc1)N1CN=NN1. The maximum Gasteiger partial charge on any atom is 0.356 e. The van der Waals surface area contributed by atoms with Crippen LogP contribution in [-0.4, -0.2) is 27.7 Å². The highest BCUT2D eigenvalue weighted by Gasteiger charge is 2.28. The van der Waals surface area contributed by atoms with E-state index in [4.69, 9.17) is 4.74 Å². The molecule has 2 heterocycles. The van der Waals surface area contributed by atoms with Crippen LogP contribution in [0.25, 0.3) is 10.9 Å². The predicted molar refractivity (Wildman–Crippen MR) is 89.8 cm³/mol. The molecule has 0 saturated heterocycles. The summed E-state index contributed by atoms with van der Waals surface area (Å²) in [5, 5.41) is 19.6. The third-order valence-corrected chi connectivity index (χ3v) is 3.93. The molecule has 0 spiro atoms. The first kappa shape index (κ1) is 15.2. The number of hydrogen-bond donors (Lipinski definition) is 3. The van der Waals surface area contributed by atoms with Crippen LogP contribution in [0.1, 0.15) is 22.3 Å². The molecule has 3 N–H and O–H groups in total. The highest BCUT2D eigenvalue weighted by atomic mass is 16.5. The fourth-order valence-corrected chi connectivity index (χ4v) is 2.78. The Bertz CT molecular complexity index is 930. The number of carboxylic acid groups (broad SMARTS) is 1. The van der Waals surface area contributed by atoms with Gasteiger partial charge in [-0.3, -0.25) is 0 Å². The van der Waals surface area contributed by atoms with Crippen molar-refractivity contribution in [3.8, 4) is 5.75 Å². The molecule has 0 fully saturated rings. The second-order valence-electron chi connectivity index (χ2n) is 5.51. The molecule has 0 amide bonds. The van der Waals surface area contributed by atoms with Crippen molar-refractivity contribution in [3.05, 3.63) is 65.9 Å². The first-order valence-electron chi connectivity index (χ1n) is 7.68. The van der Waals surface area contributed by atoms with E-state index in [0.29, 0.717) is 17.6 Å². The molecule has 25 heavy (non-hydrogen) atoms. The van der Waals surface area contributed by atoms with Crippen molar-refractivity contribution in [3.63, 3.8) is 0 Å². The first-order chi connectivity index (χ1) is 12.2. The number of nitrogens with zero attached hydrogens (tertiary/aromatic N) is 3. The molecular formula is C17H15N5O3. The Balaban J connectivity index is 1.79. The first-order valence-corrected chi connectivity index (χ1v) is 7.68. The van der Waals surface area contributed by atoms with Gasteiger partial charge in [-0.25, -0.2) is 10.3 Å². The van der Waals surface area contributed by atoms with Gasteiger partial charge in [0, 0.05) is 16.5 Å². The van der Waals surface area contributed by atoms with Crippen LogP contribution in [0.15, 0.2) is 64.9 Å². The van der Waals surface area contributed by atoms with E-state index in [9.17, 15) is 9.90 Å². The van der Waals surface area contributed by atoms with Crippen LogP contribution in [-0.2, 0) is 0 Å². The zero-order valence-electron chi connectivity index (χ0n) is 13.1. The second kappa shape index (κ2) is 6.25. The van der Waals surface area contributed by atoms with Gasteiger partial charge in [0.15, 0.2) is 17.7 Å². The van der Waals surface area contributed by atoms with Crippen LogP contribution in [0.4, 0.5) is 0 Å². The molecule has 8 nitrogen and oxygen atoms in total. The number of aromatic amines is 1. The number of aromatic carboxylic acids is 1. The minimum absolute atomic E-state index is 0.00945. The van der Waals surface area contributed by atoms with Gasteiger partial charge < -0.3 is 14.8 Å². The molecular weight excluding hydrogens is 322 g/mol. The Morgan fingerprint density at radius 3 is 2.64 bits per heavy atom. The van der Waals surface area contributed by atoms with Gasteiger partial charge in [0.1, 0.15) is 6.67 Å². The van der Waals surface area contributed by atoms with Crippen molar-refractivity contribution in [2.45, 2.75) is 6.23 Å². The predicted octanol–water partition coefficient (Wildman–Crippen LogP) is 3.09. The average Bonchev–Trinajstić information content (AvgIpc) is 3.28. The van der Waals surface area contributed by atoms with Gasteiger partial charge in [-0.1, -0.05) is 47.7 Å². The number of para-hydroxylation sites is 1. The number of fused-ring (bicyclic) bond motifs is 1. The van der Waals surface area contributed by atoms with Crippen LogP contribution >= 0.6 is 0 Å². The van der Waals surface area contributed by atoms with Gasteiger partial charge in [0.25, 0.3) is 0 Å². The molecule has 0 saturated carbocycles. The maximum absolute atomic E-state index is 11.7. The van der Waals surface area contributed by atoms with Gasteiger partial charge in [-0.05, 0) is 12.1 Å². The number of aromatic nitrogens is 1. The Morgan fingerprint density at radius 1 is 1.16 bits per heavy atom. The van der Waals surface area contributed by atoms with E-state index >= 15 is 0 Å². The number of ether oxygens (including phenoxy) is 1. The molecule has 3 aromatic rings. The van der Waals surface area contributed by atoms with Crippen LogP contribution < -0.4 is 10.3 Å². The lowest BCUT2D eigenvalue weighted by molar-refractivity contribution is 0.00249. The maximum atomic E-state index is 11.7. The zero-order valence-corrected chi connectivity index (χ0v) is 13.1. The fourth-order valence-electron chi connectivity index (χ4n) is 2.78. The quantitative estimate of drug-likeness (QED) is 0.664. The summed E-state index contributed by atoms with van der Waals surface area (Å²) in [6, 6.07) is 16.8. The minimum Gasteiger partial charge on any atom is -0.476 e. The largest absolute Gasteiger partial charge is 0.476 e. The number of rotatable bonds is 5. The average molecular weight is 337 g/mol. The van der Waals surface area contributed by atoms with Crippen LogP contribution in [0.5, 0.6) is 5.75 Å². The molecule has 1 aliphatic rings. The second-order valence-corrected chi connectivity index (χ2v) is 5.51. The summed E-state index contributed by atoms with van der Waals surface area (Å²) in [6.07, 6.45) is -0.589. The zero-order chi connectivity index (χ0) is 17.2. The Morgan fingerprint density at radius 2 is 1.92 bits per heavy atom. The lowest BCUT2D eigenvalue weighted by Crippen LogP contribution is -2.37. The summed E-state index contributed by atoms with van der Waals surface area (Å²) in [5.41, 5.74) is 4.33. The minimum atomic E-state index is -1.08. The highest BCUT2D eigenvalue weighted by Crippen LogP contribution is 2.35. The molecule has 0 aliphatic carbocycles. The number of H-pyrrole nitrogens is 1. The molecule has 1 unspecified atom stereocenters. The van der Waals surface area contributed by atoms with Crippen molar-refractivity contribution in [1.82, 2.24) is 15.5 Å². The standard InChI is InChI=1S/C17H15N5O3/c23-17(24)14-15(12-8-4-5-9-13(12)19-14)25-16(22-10-18-20-21-22)11-6-2-1-3-7-11/h1-9,16,19H,10H2,(H,18,21)(H,23,24). The summed E-state index contributed by atoms with van der Waals surface area (Å²) < 4.78 is 6.16. The number of benzene rings is 2. The van der Waals surface area contributed by atoms with Gasteiger partial charge >= 0.3 is 5.97 Å². The fraction of sp³-hybridized carbons (Fsp3) is 0.118. The number of carboxylic acids is 1. The van der Waals surface area contributed by atoms with E-state index in [1.165, 1.54) is 0 Å². The Kier molecular flexibility index (Phi) is 3.79. The van der Waals surface area contributed by atoms with Gasteiger partial charge in [0.2, 0.25) is 0 Å². The molecule has 0 bridgehead atoms. The third kappa shape index (κ3) is 2.79. The van der Waals surface area contributed by atoms with Crippen LogP contribution in [0.2, 0.25) is 0 Å². The van der Waals surface area contributed by atoms with Crippen molar-refractivity contribution in [1.29, 1.82) is 0 Å². The van der Waals surface area contributed by atoms with Crippen LogP contribution in [0.3, 0.4) is 0 Å². The van der Waals surface area contributed by atoms with Crippen molar-refractivity contribution < 1.29 is 14.6 Å². The summed E-state index contributed by atoms with van der Waals surface area (Å²) in [6.45, 7) is 0.296. The monoisotopic (exact) mass is 337 g/mol. The third-order valence-electron chi connectivity index (χ3n) is 3.93. The van der Waals surface area contributed by atoms with E-state index in [2.05, 4.69) is 20.9 Å². The van der Waals surface area contributed by atoms with Crippen molar-refractivity contribution >= 4 is 16.9 Å². The highest BCUT2D eigenvalue weighted by molar-refractivity contribution is 6.00. The normalized spacial score (nSPS) is 15.2. The lowest BCUT2D eigenvalue weighted by Gasteiger charge is -2.26. The summed E-state index contributed by atoms with van der Waals surface area (Å²) in [4.78, 5) is 14.6. The molecule has 126 valence electrons. The van der Waals surface area contributed by atoms with Crippen LogP contribution in [0, 0.1) is 0 Å². The number of hydrazine groups is 1. The van der Waals surface area contributed by atoms with E-state index in [1.807, 2.05) is 54.6 Å². The number of hydrogen-bond acceptors (Lipinski definition) is 6. The smallest absolute Gasteiger partial charge is 0.356 e. The van der Waals surface area contributed by atoms with E-state index in [1.54, 1.807) is 5.01 Å². The molecule has 1 aliphatic heterocycles. The molecule has 1 atom stereocenters. The van der Waals surface area contributed by atoms with Gasteiger partial charge in [0.05, 0.1) is 0 Å². The van der Waals surface area contributed by atoms with Gasteiger partial charge in [-0.2, -0.15) is 5.11 Å². The molecule has 0 radical (unpaired) electrons. The lowest BCUT2D eigenvalue weighted by atomic mass is 10.2. The summed E-state index contributed by atoms with van der Waals surface area (Å²) in [5.74, 6) is -0.799. The number of carbonyl (C=O) groups is 1. The Hall–Kier alpha value is -3.39. The Labute approximate surface area is 142 Å². The van der Waals surface area contributed by atoms with Gasteiger partial charge in [-0.15, -0.1) is 5.01 Å². The number of nitrogens with one attached hydrogen (secondary N) is 2. The van der Waals surface area contributed by atoms with E-state index in [-0.39, 0.29) is 11.4 Å². The molecule has 8 heteroatoms. The van der Waals surface area contributed by atoms with Crippen molar-refractivity contribution in [2.75, 3.05) is 6.67 Å². The molecule has 4 rings (SSSR count). The topological polar surface area (TPSA) is 102 Å².